The van der Waals surface area contributed by atoms with Crippen molar-refractivity contribution in [2.75, 3.05) is 13.1 Å². The van der Waals surface area contributed by atoms with Gasteiger partial charge < -0.3 is 5.32 Å². The Morgan fingerprint density at radius 2 is 1.44 bits per heavy atom. The summed E-state index contributed by atoms with van der Waals surface area (Å²) in [5.74, 6) is -0.207. The normalized spacial score (nSPS) is 11.4. The predicted octanol–water partition coefficient (Wildman–Crippen LogP) is 3.30. The van der Waals surface area contributed by atoms with Crippen molar-refractivity contribution in [3.05, 3.63) is 74.6 Å². The summed E-state index contributed by atoms with van der Waals surface area (Å²) >= 11 is 3.26. The second kappa shape index (κ2) is 9.27. The molecule has 0 fully saturated rings. The Labute approximate surface area is 167 Å². The van der Waals surface area contributed by atoms with Gasteiger partial charge in [-0.2, -0.15) is 0 Å². The van der Waals surface area contributed by atoms with E-state index < -0.39 is 10.0 Å². The molecule has 0 aliphatic heterocycles. The number of rotatable bonds is 9. The molecule has 5 nitrogen and oxygen atoms in total. The fourth-order valence-electron chi connectivity index (χ4n) is 2.49. The lowest BCUT2D eigenvalue weighted by Gasteiger charge is -2.08. The Morgan fingerprint density at radius 1 is 0.852 bits per heavy atom. The lowest BCUT2D eigenvalue weighted by Crippen LogP contribution is -2.27. The molecule has 0 saturated heterocycles. The second-order valence-corrected chi connectivity index (χ2v) is 9.67. The van der Waals surface area contributed by atoms with Gasteiger partial charge in [-0.25, -0.2) is 13.1 Å². The van der Waals surface area contributed by atoms with E-state index in [1.165, 1.54) is 29.1 Å². The molecule has 0 radical (unpaired) electrons. The minimum Gasteiger partial charge on any atom is -0.352 e. The van der Waals surface area contributed by atoms with E-state index in [0.717, 1.165) is 11.3 Å². The topological polar surface area (TPSA) is 75.3 Å². The number of thiophene rings is 2. The third-order valence-electron chi connectivity index (χ3n) is 3.91. The molecule has 2 N–H and O–H groups in total. The zero-order chi connectivity index (χ0) is 19.1. The molecule has 3 rings (SSSR count). The number of hydrogen-bond acceptors (Lipinski definition) is 5. The molecule has 0 unspecified atom stereocenters. The summed E-state index contributed by atoms with van der Waals surface area (Å²) in [7, 11) is -3.58. The van der Waals surface area contributed by atoms with E-state index in [1.807, 2.05) is 35.0 Å². The van der Waals surface area contributed by atoms with Crippen LogP contribution in [-0.4, -0.2) is 27.4 Å². The van der Waals surface area contributed by atoms with Crippen molar-refractivity contribution in [2.45, 2.75) is 17.7 Å². The van der Waals surface area contributed by atoms with Gasteiger partial charge in [0.15, 0.2) is 0 Å². The number of nitrogens with one attached hydrogen (secondary N) is 2. The van der Waals surface area contributed by atoms with Crippen LogP contribution in [0.5, 0.6) is 0 Å². The van der Waals surface area contributed by atoms with Crippen LogP contribution < -0.4 is 10.0 Å². The smallest absolute Gasteiger partial charge is 0.251 e. The molecular weight excluding hydrogens is 400 g/mol. The highest BCUT2D eigenvalue weighted by atomic mass is 32.2. The van der Waals surface area contributed by atoms with Gasteiger partial charge in [0, 0.05) is 28.4 Å². The van der Waals surface area contributed by atoms with E-state index in [9.17, 15) is 13.2 Å². The quantitative estimate of drug-likeness (QED) is 0.558. The first-order valence-electron chi connectivity index (χ1n) is 8.47. The molecule has 0 spiro atoms. The number of amides is 1. The van der Waals surface area contributed by atoms with Gasteiger partial charge in [-0.15, -0.1) is 22.7 Å². The zero-order valence-electron chi connectivity index (χ0n) is 14.6. The van der Waals surface area contributed by atoms with E-state index in [4.69, 9.17) is 0 Å². The van der Waals surface area contributed by atoms with Crippen molar-refractivity contribution in [2.24, 2.45) is 0 Å². The standard InChI is InChI=1S/C19H20N2O3S3/c22-19(20-11-9-16-3-1-13-25-16)15-5-7-18(8-6-15)27(23,24)21-12-10-17-4-2-14-26-17/h1-8,13-14,21H,9-12H2,(H,20,22). The zero-order valence-corrected chi connectivity index (χ0v) is 17.0. The molecule has 0 atom stereocenters. The molecule has 27 heavy (non-hydrogen) atoms. The number of hydrogen-bond donors (Lipinski definition) is 2. The van der Waals surface area contributed by atoms with Crippen LogP contribution in [0.3, 0.4) is 0 Å². The fourth-order valence-corrected chi connectivity index (χ4v) is 4.94. The first kappa shape index (κ1) is 19.8. The van der Waals surface area contributed by atoms with Gasteiger partial charge in [0.1, 0.15) is 0 Å². The van der Waals surface area contributed by atoms with Gasteiger partial charge in [0.2, 0.25) is 10.0 Å². The molecule has 0 saturated carbocycles. The molecular formula is C19H20N2O3S3. The minimum atomic E-state index is -3.58. The molecule has 0 bridgehead atoms. The minimum absolute atomic E-state index is 0.156. The maximum absolute atomic E-state index is 12.3. The summed E-state index contributed by atoms with van der Waals surface area (Å²) in [4.78, 5) is 14.7. The van der Waals surface area contributed by atoms with E-state index in [2.05, 4.69) is 10.0 Å². The highest BCUT2D eigenvalue weighted by Gasteiger charge is 2.14. The number of carbonyl (C=O) groups excluding carboxylic acids is 1. The van der Waals surface area contributed by atoms with Crippen molar-refractivity contribution in [1.29, 1.82) is 0 Å². The Morgan fingerprint density at radius 3 is 2.00 bits per heavy atom. The molecule has 2 aromatic heterocycles. The number of carbonyl (C=O) groups is 1. The Kier molecular flexibility index (Phi) is 6.78. The highest BCUT2D eigenvalue weighted by Crippen LogP contribution is 2.13. The molecule has 142 valence electrons. The molecule has 1 amide bonds. The van der Waals surface area contributed by atoms with E-state index in [0.29, 0.717) is 25.1 Å². The van der Waals surface area contributed by atoms with Crippen LogP contribution in [0.25, 0.3) is 0 Å². The van der Waals surface area contributed by atoms with Gasteiger partial charge in [0.25, 0.3) is 5.91 Å². The van der Waals surface area contributed by atoms with E-state index in [-0.39, 0.29) is 10.8 Å². The molecule has 0 aliphatic rings. The fraction of sp³-hybridized carbons (Fsp3) is 0.211. The Balaban J connectivity index is 1.51. The van der Waals surface area contributed by atoms with Gasteiger partial charge in [-0.1, -0.05) is 12.1 Å². The summed E-state index contributed by atoms with van der Waals surface area (Å²) in [6.07, 6.45) is 1.44. The Hall–Kier alpha value is -2.00. The average molecular weight is 421 g/mol. The molecule has 8 heteroatoms. The summed E-state index contributed by atoms with van der Waals surface area (Å²) in [6, 6.07) is 13.9. The van der Waals surface area contributed by atoms with Crippen molar-refractivity contribution in [3.63, 3.8) is 0 Å². The van der Waals surface area contributed by atoms with Crippen LogP contribution in [0, 0.1) is 0 Å². The molecule has 1 aromatic carbocycles. The maximum atomic E-state index is 12.3. The van der Waals surface area contributed by atoms with Crippen molar-refractivity contribution in [1.82, 2.24) is 10.0 Å². The van der Waals surface area contributed by atoms with Crippen molar-refractivity contribution >= 4 is 38.6 Å². The third kappa shape index (κ3) is 5.74. The van der Waals surface area contributed by atoms with Crippen LogP contribution in [0.15, 0.2) is 64.2 Å². The van der Waals surface area contributed by atoms with Crippen LogP contribution in [-0.2, 0) is 22.9 Å². The second-order valence-electron chi connectivity index (χ2n) is 5.84. The first-order chi connectivity index (χ1) is 13.0. The van der Waals surface area contributed by atoms with Gasteiger partial charge in [0.05, 0.1) is 4.90 Å². The van der Waals surface area contributed by atoms with Gasteiger partial charge >= 0.3 is 0 Å². The predicted molar refractivity (Wildman–Crippen MR) is 110 cm³/mol. The van der Waals surface area contributed by atoms with Crippen LogP contribution in [0.1, 0.15) is 20.1 Å². The SMILES string of the molecule is O=C(NCCc1cccs1)c1ccc(S(=O)(=O)NCCc2cccs2)cc1. The molecule has 3 aromatic rings. The summed E-state index contributed by atoms with van der Waals surface area (Å²) in [6.45, 7) is 0.886. The highest BCUT2D eigenvalue weighted by molar-refractivity contribution is 7.89. The summed E-state index contributed by atoms with van der Waals surface area (Å²) in [5.41, 5.74) is 0.443. The van der Waals surface area contributed by atoms with Crippen LogP contribution in [0.2, 0.25) is 0 Å². The Bertz CT molecular complexity index is 948. The monoisotopic (exact) mass is 420 g/mol. The van der Waals surface area contributed by atoms with Gasteiger partial charge in [-0.3, -0.25) is 4.79 Å². The van der Waals surface area contributed by atoms with Crippen molar-refractivity contribution in [3.8, 4) is 0 Å². The molecule has 0 aliphatic carbocycles. The van der Waals surface area contributed by atoms with Crippen LogP contribution in [0.4, 0.5) is 0 Å². The molecule has 2 heterocycles. The van der Waals surface area contributed by atoms with Gasteiger partial charge in [-0.05, 0) is 60.0 Å². The summed E-state index contributed by atoms with van der Waals surface area (Å²) in [5, 5.41) is 6.82. The lowest BCUT2D eigenvalue weighted by atomic mass is 10.2. The average Bonchev–Trinajstić information content (AvgIpc) is 3.36. The lowest BCUT2D eigenvalue weighted by molar-refractivity contribution is 0.0954. The van der Waals surface area contributed by atoms with Crippen molar-refractivity contribution < 1.29 is 13.2 Å². The summed E-state index contributed by atoms with van der Waals surface area (Å²) < 4.78 is 27.3. The number of sulfonamides is 1. The third-order valence-corrected chi connectivity index (χ3v) is 7.26. The number of benzene rings is 1. The first-order valence-corrected chi connectivity index (χ1v) is 11.7. The maximum Gasteiger partial charge on any atom is 0.251 e. The van der Waals surface area contributed by atoms with E-state index >= 15 is 0 Å². The van der Waals surface area contributed by atoms with E-state index in [1.54, 1.807) is 22.7 Å². The van der Waals surface area contributed by atoms with Crippen LogP contribution >= 0.6 is 22.7 Å². The largest absolute Gasteiger partial charge is 0.352 e.